The van der Waals surface area contributed by atoms with Crippen molar-refractivity contribution in [1.29, 1.82) is 0 Å². The van der Waals surface area contributed by atoms with Crippen LogP contribution in [-0.2, 0) is 11.3 Å². The Morgan fingerprint density at radius 2 is 2.18 bits per heavy atom. The first-order chi connectivity index (χ1) is 7.94. The smallest absolute Gasteiger partial charge is 0.208 e. The van der Waals surface area contributed by atoms with Gasteiger partial charge in [-0.05, 0) is 40.5 Å². The highest BCUT2D eigenvalue weighted by molar-refractivity contribution is 5.00. The molecule has 1 N–H and O–H groups in total. The van der Waals surface area contributed by atoms with Gasteiger partial charge in [-0.1, -0.05) is 0 Å². The van der Waals surface area contributed by atoms with Crippen LogP contribution in [0.15, 0.2) is 10.6 Å². The normalized spacial score (nSPS) is 25.4. The highest BCUT2D eigenvalue weighted by Gasteiger charge is 2.26. The van der Waals surface area contributed by atoms with E-state index in [2.05, 4.69) is 38.0 Å². The fraction of sp³-hybridized carbons (Fsp3) is 0.769. The van der Waals surface area contributed by atoms with E-state index in [1.807, 2.05) is 0 Å². The van der Waals surface area contributed by atoms with Gasteiger partial charge in [0.05, 0.1) is 18.8 Å². The Labute approximate surface area is 103 Å². The molecule has 0 bridgehead atoms. The molecule has 2 unspecified atom stereocenters. The van der Waals surface area contributed by atoms with Crippen molar-refractivity contribution in [1.82, 2.24) is 10.3 Å². The maximum atomic E-state index is 5.75. The monoisotopic (exact) mass is 238 g/mol. The Hall–Kier alpha value is -0.870. The van der Waals surface area contributed by atoms with Gasteiger partial charge in [-0.25, -0.2) is 4.98 Å². The van der Waals surface area contributed by atoms with Crippen LogP contribution in [-0.4, -0.2) is 16.6 Å². The van der Waals surface area contributed by atoms with Gasteiger partial charge in [-0.15, -0.1) is 0 Å². The van der Waals surface area contributed by atoms with Crippen molar-refractivity contribution >= 4 is 0 Å². The molecule has 2 atom stereocenters. The molecule has 0 spiro atoms. The lowest BCUT2D eigenvalue weighted by molar-refractivity contribution is 0.0416. The van der Waals surface area contributed by atoms with E-state index in [-0.39, 0.29) is 11.6 Å². The fourth-order valence-corrected chi connectivity index (χ4v) is 1.91. The van der Waals surface area contributed by atoms with Crippen LogP contribution >= 0.6 is 0 Å². The second kappa shape index (κ2) is 4.78. The number of hydrogen-bond donors (Lipinski definition) is 1. The van der Waals surface area contributed by atoms with Crippen LogP contribution in [0.1, 0.15) is 58.3 Å². The molecule has 4 heteroatoms. The molecule has 2 heterocycles. The van der Waals surface area contributed by atoms with Gasteiger partial charge in [0.1, 0.15) is 6.10 Å². The molecule has 0 aliphatic carbocycles. The summed E-state index contributed by atoms with van der Waals surface area (Å²) in [4.78, 5) is 4.28. The summed E-state index contributed by atoms with van der Waals surface area (Å²) in [5, 5.41) is 3.35. The topological polar surface area (TPSA) is 47.3 Å². The molecule has 0 radical (unpaired) electrons. The van der Waals surface area contributed by atoms with Crippen LogP contribution in [0.2, 0.25) is 0 Å². The van der Waals surface area contributed by atoms with Crippen molar-refractivity contribution in [2.45, 2.75) is 64.8 Å². The van der Waals surface area contributed by atoms with Crippen molar-refractivity contribution in [2.24, 2.45) is 0 Å². The Kier molecular flexibility index (Phi) is 3.54. The summed E-state index contributed by atoms with van der Waals surface area (Å²) < 4.78 is 11.5. The lowest BCUT2D eigenvalue weighted by atomic mass is 10.1. The number of hydrogen-bond acceptors (Lipinski definition) is 4. The zero-order valence-corrected chi connectivity index (χ0v) is 11.1. The third kappa shape index (κ3) is 3.54. The van der Waals surface area contributed by atoms with Crippen LogP contribution < -0.4 is 5.32 Å². The first kappa shape index (κ1) is 12.6. The third-order valence-electron chi connectivity index (χ3n) is 2.89. The van der Waals surface area contributed by atoms with E-state index in [1.165, 1.54) is 0 Å². The maximum absolute atomic E-state index is 5.75. The molecule has 0 amide bonds. The molecular formula is C13H22N2O2. The first-order valence-electron chi connectivity index (χ1n) is 6.29. The maximum Gasteiger partial charge on any atom is 0.208 e. The summed E-state index contributed by atoms with van der Waals surface area (Å²) >= 11 is 0. The van der Waals surface area contributed by atoms with Crippen molar-refractivity contribution < 1.29 is 9.15 Å². The zero-order valence-electron chi connectivity index (χ0n) is 11.1. The molecule has 2 rings (SSSR count). The van der Waals surface area contributed by atoms with Crippen molar-refractivity contribution in [3.8, 4) is 0 Å². The van der Waals surface area contributed by atoms with Gasteiger partial charge in [0, 0.05) is 5.54 Å². The van der Waals surface area contributed by atoms with Crippen LogP contribution in [0.3, 0.4) is 0 Å². The lowest BCUT2D eigenvalue weighted by Crippen LogP contribution is -2.35. The van der Waals surface area contributed by atoms with E-state index in [0.717, 1.165) is 24.5 Å². The average Bonchev–Trinajstić information content (AvgIpc) is 2.81. The first-order valence-corrected chi connectivity index (χ1v) is 6.29. The Morgan fingerprint density at radius 1 is 1.41 bits per heavy atom. The number of nitrogens with one attached hydrogen (secondary N) is 1. The van der Waals surface area contributed by atoms with Crippen LogP contribution in [0, 0.1) is 0 Å². The van der Waals surface area contributed by atoms with E-state index in [1.54, 1.807) is 6.20 Å². The van der Waals surface area contributed by atoms with Gasteiger partial charge in [-0.2, -0.15) is 0 Å². The fourth-order valence-electron chi connectivity index (χ4n) is 1.91. The minimum atomic E-state index is 0.0764. The lowest BCUT2D eigenvalue weighted by Gasteiger charge is -2.19. The molecule has 0 aromatic carbocycles. The minimum Gasteiger partial charge on any atom is -0.442 e. The molecule has 1 aliphatic heterocycles. The molecule has 1 fully saturated rings. The molecular weight excluding hydrogens is 216 g/mol. The molecule has 4 nitrogen and oxygen atoms in total. The van der Waals surface area contributed by atoms with Gasteiger partial charge in [-0.3, -0.25) is 0 Å². The summed E-state index contributed by atoms with van der Waals surface area (Å²) in [6.45, 7) is 9.13. The van der Waals surface area contributed by atoms with E-state index in [0.29, 0.717) is 12.6 Å². The standard InChI is InChI=1S/C13H22N2O2/c1-9-5-6-10(16-9)11-7-14-12(17-11)8-15-13(2,3)4/h7,9-10,15H,5-6,8H2,1-4H3. The van der Waals surface area contributed by atoms with E-state index in [9.17, 15) is 0 Å². The number of oxazole rings is 1. The van der Waals surface area contributed by atoms with Gasteiger partial charge >= 0.3 is 0 Å². The van der Waals surface area contributed by atoms with E-state index >= 15 is 0 Å². The molecule has 1 saturated heterocycles. The van der Waals surface area contributed by atoms with Crippen LogP contribution in [0.4, 0.5) is 0 Å². The van der Waals surface area contributed by atoms with Crippen molar-refractivity contribution in [3.05, 3.63) is 17.8 Å². The Bertz CT molecular complexity index is 368. The third-order valence-corrected chi connectivity index (χ3v) is 2.89. The number of aromatic nitrogens is 1. The summed E-state index contributed by atoms with van der Waals surface area (Å²) in [6, 6.07) is 0. The summed E-state index contributed by atoms with van der Waals surface area (Å²) in [5.74, 6) is 1.60. The highest BCUT2D eigenvalue weighted by Crippen LogP contribution is 2.32. The second-order valence-corrected chi connectivity index (χ2v) is 5.77. The quantitative estimate of drug-likeness (QED) is 0.879. The molecule has 96 valence electrons. The predicted octanol–water partition coefficient (Wildman–Crippen LogP) is 2.80. The van der Waals surface area contributed by atoms with Gasteiger partial charge in [0.15, 0.2) is 5.76 Å². The largest absolute Gasteiger partial charge is 0.442 e. The zero-order chi connectivity index (χ0) is 12.5. The Morgan fingerprint density at radius 3 is 2.76 bits per heavy atom. The Balaban J connectivity index is 1.92. The van der Waals surface area contributed by atoms with Crippen LogP contribution in [0.25, 0.3) is 0 Å². The number of nitrogens with zero attached hydrogens (tertiary/aromatic N) is 1. The molecule has 1 aromatic rings. The van der Waals surface area contributed by atoms with E-state index in [4.69, 9.17) is 9.15 Å². The SMILES string of the molecule is CC1CCC(c2cnc(CNC(C)(C)C)o2)O1. The van der Waals surface area contributed by atoms with Gasteiger partial charge < -0.3 is 14.5 Å². The predicted molar refractivity (Wildman–Crippen MR) is 65.6 cm³/mol. The number of ether oxygens (including phenoxy) is 1. The average molecular weight is 238 g/mol. The highest BCUT2D eigenvalue weighted by atomic mass is 16.5. The van der Waals surface area contributed by atoms with Crippen LogP contribution in [0.5, 0.6) is 0 Å². The van der Waals surface area contributed by atoms with Crippen molar-refractivity contribution in [3.63, 3.8) is 0 Å². The molecule has 1 aromatic heterocycles. The number of rotatable bonds is 3. The van der Waals surface area contributed by atoms with E-state index < -0.39 is 0 Å². The molecule has 1 aliphatic rings. The summed E-state index contributed by atoms with van der Waals surface area (Å²) in [6.07, 6.45) is 4.35. The molecule has 17 heavy (non-hydrogen) atoms. The summed E-state index contributed by atoms with van der Waals surface area (Å²) in [5.41, 5.74) is 0.0764. The molecule has 0 saturated carbocycles. The second-order valence-electron chi connectivity index (χ2n) is 5.77. The van der Waals surface area contributed by atoms with Gasteiger partial charge in [0.2, 0.25) is 5.89 Å². The van der Waals surface area contributed by atoms with Gasteiger partial charge in [0.25, 0.3) is 0 Å². The van der Waals surface area contributed by atoms with Crippen molar-refractivity contribution in [2.75, 3.05) is 0 Å². The minimum absolute atomic E-state index is 0.0764. The summed E-state index contributed by atoms with van der Waals surface area (Å²) in [7, 11) is 0.